The van der Waals surface area contributed by atoms with Crippen LogP contribution in [-0.4, -0.2) is 4.57 Å². The second-order valence-electron chi connectivity index (χ2n) is 18.4. The van der Waals surface area contributed by atoms with Crippen LogP contribution in [0.3, 0.4) is 0 Å². The number of hydrogen-bond donors (Lipinski definition) is 0. The number of anilines is 6. The van der Waals surface area contributed by atoms with Gasteiger partial charge in [0.25, 0.3) is 0 Å². The van der Waals surface area contributed by atoms with Gasteiger partial charge in [0.15, 0.2) is 0 Å². The predicted molar refractivity (Wildman–Crippen MR) is 292 cm³/mol. The van der Waals surface area contributed by atoms with E-state index < -0.39 is 5.41 Å². The zero-order valence-corrected chi connectivity index (χ0v) is 38.3. The Hall–Kier alpha value is -9.18. The third-order valence-corrected chi connectivity index (χ3v) is 14.8. The number of fused-ring (bicyclic) bond motifs is 13. The average Bonchev–Trinajstić information content (AvgIpc) is 4.05. The summed E-state index contributed by atoms with van der Waals surface area (Å²) in [6, 6.07) is 100. The smallest absolute Gasteiger partial charge is 0.0727 e. The fourth-order valence-electron chi connectivity index (χ4n) is 12.0. The first-order valence-electron chi connectivity index (χ1n) is 24.2. The van der Waals surface area contributed by atoms with Gasteiger partial charge in [-0.1, -0.05) is 194 Å². The molecule has 1 unspecified atom stereocenters. The maximum absolute atomic E-state index is 2.48. The fraction of sp³-hybridized carbons (Fsp3) is 0.0149. The van der Waals surface area contributed by atoms with Gasteiger partial charge < -0.3 is 14.4 Å². The minimum Gasteiger partial charge on any atom is -0.310 e. The molecule has 0 N–H and O–H groups in total. The van der Waals surface area contributed by atoms with E-state index in [1.807, 2.05) is 0 Å². The van der Waals surface area contributed by atoms with Crippen LogP contribution in [0, 0.1) is 0 Å². The highest BCUT2D eigenvalue weighted by molar-refractivity contribution is 6.11. The van der Waals surface area contributed by atoms with E-state index in [1.165, 1.54) is 77.4 Å². The lowest BCUT2D eigenvalue weighted by atomic mass is 9.70. The Morgan fingerprint density at radius 2 is 0.714 bits per heavy atom. The summed E-state index contributed by atoms with van der Waals surface area (Å²) in [6.07, 6.45) is 0. The van der Waals surface area contributed by atoms with Gasteiger partial charge in [0.05, 0.1) is 27.8 Å². The zero-order valence-electron chi connectivity index (χ0n) is 38.3. The van der Waals surface area contributed by atoms with Gasteiger partial charge in [0.1, 0.15) is 0 Å². The van der Waals surface area contributed by atoms with Gasteiger partial charge >= 0.3 is 0 Å². The van der Waals surface area contributed by atoms with Crippen molar-refractivity contribution in [2.24, 2.45) is 0 Å². The number of benzene rings is 11. The lowest BCUT2D eigenvalue weighted by Gasteiger charge is -2.32. The van der Waals surface area contributed by atoms with Crippen LogP contribution in [0.5, 0.6) is 0 Å². The standard InChI is InChI=1S/C67H45N3/c1-5-21-46(22-6-1)47-39-41-51(42-40-47)68(48-23-7-2-8-24-48)62-37-19-34-59-65(62)55-30-13-16-32-57(55)67(59)58-33-17-14-31-56(58)66-60(67)35-20-38-63(66)69(49-25-9-3-10-26-49)52-43-44-54-53-29-15-18-36-61(53)70(64(54)45-52)50-27-11-4-12-28-50/h1-45H. The third-order valence-electron chi connectivity index (χ3n) is 14.8. The van der Waals surface area contributed by atoms with Crippen molar-refractivity contribution in [2.75, 3.05) is 9.80 Å². The monoisotopic (exact) mass is 891 g/mol. The average molecular weight is 892 g/mol. The molecule has 1 atom stereocenters. The first kappa shape index (κ1) is 39.9. The molecular formula is C67H45N3. The molecule has 70 heavy (non-hydrogen) atoms. The van der Waals surface area contributed by atoms with Crippen molar-refractivity contribution >= 4 is 55.9 Å². The van der Waals surface area contributed by atoms with Crippen LogP contribution in [-0.2, 0) is 5.41 Å². The highest BCUT2D eigenvalue weighted by atomic mass is 15.2. The predicted octanol–water partition coefficient (Wildman–Crippen LogP) is 17.7. The van der Waals surface area contributed by atoms with Gasteiger partial charge in [0, 0.05) is 50.3 Å². The largest absolute Gasteiger partial charge is 0.310 e. The normalized spacial score (nSPS) is 14.1. The van der Waals surface area contributed by atoms with Crippen LogP contribution in [0.1, 0.15) is 22.3 Å². The zero-order chi connectivity index (χ0) is 46.2. The first-order valence-corrected chi connectivity index (χ1v) is 24.2. The van der Waals surface area contributed by atoms with Crippen molar-refractivity contribution in [3.05, 3.63) is 295 Å². The quantitative estimate of drug-likeness (QED) is 0.151. The van der Waals surface area contributed by atoms with E-state index in [9.17, 15) is 0 Å². The Balaban J connectivity index is 1.01. The first-order chi connectivity index (χ1) is 34.8. The maximum Gasteiger partial charge on any atom is 0.0727 e. The highest BCUT2D eigenvalue weighted by Crippen LogP contribution is 2.66. The van der Waals surface area contributed by atoms with Crippen molar-refractivity contribution in [2.45, 2.75) is 5.41 Å². The molecule has 1 aromatic heterocycles. The molecule has 14 rings (SSSR count). The van der Waals surface area contributed by atoms with E-state index in [2.05, 4.69) is 287 Å². The molecular weight excluding hydrogens is 847 g/mol. The second-order valence-corrected chi connectivity index (χ2v) is 18.4. The molecule has 0 radical (unpaired) electrons. The molecule has 3 nitrogen and oxygen atoms in total. The molecule has 3 heteroatoms. The Bertz CT molecular complexity index is 3930. The molecule has 328 valence electrons. The molecule has 11 aromatic carbocycles. The number of hydrogen-bond acceptors (Lipinski definition) is 2. The van der Waals surface area contributed by atoms with Crippen molar-refractivity contribution < 1.29 is 0 Å². The summed E-state index contributed by atoms with van der Waals surface area (Å²) in [5, 5.41) is 2.47. The molecule has 0 saturated heterocycles. The van der Waals surface area contributed by atoms with Crippen molar-refractivity contribution in [3.8, 4) is 39.1 Å². The summed E-state index contributed by atoms with van der Waals surface area (Å²) in [5.41, 5.74) is 22.2. The lowest BCUT2D eigenvalue weighted by molar-refractivity contribution is 0.793. The molecule has 2 aliphatic rings. The Labute approximate surface area is 408 Å². The van der Waals surface area contributed by atoms with Crippen molar-refractivity contribution in [3.63, 3.8) is 0 Å². The van der Waals surface area contributed by atoms with Crippen LogP contribution in [0.4, 0.5) is 34.1 Å². The molecule has 0 amide bonds. The molecule has 0 fully saturated rings. The molecule has 0 bridgehead atoms. The van der Waals surface area contributed by atoms with Crippen molar-refractivity contribution in [1.82, 2.24) is 4.57 Å². The van der Waals surface area contributed by atoms with Crippen LogP contribution in [0.15, 0.2) is 273 Å². The Kier molecular flexibility index (Phi) is 9.11. The van der Waals surface area contributed by atoms with Crippen LogP contribution in [0.25, 0.3) is 60.9 Å². The van der Waals surface area contributed by atoms with Crippen LogP contribution < -0.4 is 9.80 Å². The van der Waals surface area contributed by atoms with E-state index >= 15 is 0 Å². The van der Waals surface area contributed by atoms with Gasteiger partial charge in [-0.05, 0) is 123 Å². The van der Waals surface area contributed by atoms with E-state index in [0.717, 1.165) is 39.8 Å². The van der Waals surface area contributed by atoms with E-state index in [4.69, 9.17) is 0 Å². The third kappa shape index (κ3) is 5.88. The summed E-state index contributed by atoms with van der Waals surface area (Å²) in [5.74, 6) is 0. The minimum absolute atomic E-state index is 0.588. The van der Waals surface area contributed by atoms with E-state index in [0.29, 0.717) is 0 Å². The summed E-state index contributed by atoms with van der Waals surface area (Å²) in [4.78, 5) is 4.93. The minimum atomic E-state index is -0.588. The van der Waals surface area contributed by atoms with E-state index in [1.54, 1.807) is 0 Å². The maximum atomic E-state index is 2.48. The Morgan fingerprint density at radius 3 is 1.31 bits per heavy atom. The summed E-state index contributed by atoms with van der Waals surface area (Å²) < 4.78 is 2.41. The molecule has 0 saturated carbocycles. The SMILES string of the molecule is c1ccc(-c2ccc(N(c3ccccc3)c3cccc4c3-c3ccccc3C43c4ccccc4-c4c(N(c5ccccc5)c5ccc6c7ccccc7n(-c7ccccc7)c6c5)cccc43)cc2)cc1. The van der Waals surface area contributed by atoms with E-state index in [-0.39, 0.29) is 0 Å². The molecule has 1 heterocycles. The second kappa shape index (κ2) is 16.0. The highest BCUT2D eigenvalue weighted by Gasteiger charge is 2.53. The topological polar surface area (TPSA) is 11.4 Å². The van der Waals surface area contributed by atoms with Crippen LogP contribution in [0.2, 0.25) is 0 Å². The lowest BCUT2D eigenvalue weighted by Crippen LogP contribution is -2.26. The summed E-state index contributed by atoms with van der Waals surface area (Å²) in [7, 11) is 0. The fourth-order valence-corrected chi connectivity index (χ4v) is 12.0. The Morgan fingerprint density at radius 1 is 0.286 bits per heavy atom. The van der Waals surface area contributed by atoms with Gasteiger partial charge in [-0.25, -0.2) is 0 Å². The van der Waals surface area contributed by atoms with Crippen molar-refractivity contribution in [1.29, 1.82) is 0 Å². The molecule has 1 spiro atoms. The van der Waals surface area contributed by atoms with Crippen LogP contribution >= 0.6 is 0 Å². The van der Waals surface area contributed by atoms with Gasteiger partial charge in [-0.3, -0.25) is 0 Å². The molecule has 0 aliphatic heterocycles. The summed E-state index contributed by atoms with van der Waals surface area (Å²) in [6.45, 7) is 0. The molecule has 12 aromatic rings. The van der Waals surface area contributed by atoms with Gasteiger partial charge in [0.2, 0.25) is 0 Å². The molecule has 2 aliphatic carbocycles. The number of para-hydroxylation sites is 4. The number of rotatable bonds is 8. The van der Waals surface area contributed by atoms with Gasteiger partial charge in [-0.15, -0.1) is 0 Å². The number of nitrogens with zero attached hydrogens (tertiary/aromatic N) is 3. The van der Waals surface area contributed by atoms with Gasteiger partial charge in [-0.2, -0.15) is 0 Å². The summed E-state index contributed by atoms with van der Waals surface area (Å²) >= 11 is 0. The number of aromatic nitrogens is 1.